The second-order valence-corrected chi connectivity index (χ2v) is 8.94. The predicted molar refractivity (Wildman–Crippen MR) is 126 cm³/mol. The van der Waals surface area contributed by atoms with Crippen LogP contribution in [0.4, 0.5) is 0 Å². The molecule has 3 aromatic rings. The van der Waals surface area contributed by atoms with Crippen LogP contribution in [0.3, 0.4) is 0 Å². The summed E-state index contributed by atoms with van der Waals surface area (Å²) >= 11 is 3.47. The average molecular weight is 506 g/mol. The molecule has 172 valence electrons. The smallest absolute Gasteiger partial charge is 0.332 e. The van der Waals surface area contributed by atoms with Crippen LogP contribution in [0.1, 0.15) is 31.7 Å². The molecule has 2 unspecified atom stereocenters. The second-order valence-electron chi connectivity index (χ2n) is 8.02. The summed E-state index contributed by atoms with van der Waals surface area (Å²) in [5.74, 6) is -0.110. The number of aromatic nitrogens is 4. The lowest BCUT2D eigenvalue weighted by atomic mass is 10.1. The molecule has 1 amide bonds. The summed E-state index contributed by atoms with van der Waals surface area (Å²) in [5.41, 5.74) is 0.664. The van der Waals surface area contributed by atoms with Crippen LogP contribution in [0.15, 0.2) is 38.3 Å². The van der Waals surface area contributed by atoms with E-state index in [1.807, 2.05) is 31.2 Å². The molecule has 1 aromatic carbocycles. The summed E-state index contributed by atoms with van der Waals surface area (Å²) in [4.78, 5) is 42.7. The number of aryl methyl sites for hydroxylation is 1. The van der Waals surface area contributed by atoms with Gasteiger partial charge in [-0.2, -0.15) is 0 Å². The molecule has 0 bridgehead atoms. The maximum absolute atomic E-state index is 13.0. The fraction of sp³-hybridized carbons (Fsp3) is 0.455. The monoisotopic (exact) mass is 505 g/mol. The van der Waals surface area contributed by atoms with Crippen LogP contribution < -0.4 is 16.6 Å². The maximum Gasteiger partial charge on any atom is 0.332 e. The minimum atomic E-state index is -0.458. The van der Waals surface area contributed by atoms with Gasteiger partial charge in [-0.1, -0.05) is 41.9 Å². The zero-order valence-electron chi connectivity index (χ0n) is 18.6. The standard InChI is InChI=1S/C22H28BrN5O4/c1-5-16(12-29)24-20(30)13(2)9-17-25-19-18(21(31)27(4)22(32)26(19)3)28(17)11-14-7-6-8-15(23)10-14/h6-8,10,13,16,29H,5,9,11-12H2,1-4H3,(H,24,30). The number of carbonyl (C=O) groups excluding carboxylic acids is 1. The van der Waals surface area contributed by atoms with Gasteiger partial charge in [0.05, 0.1) is 12.6 Å². The van der Waals surface area contributed by atoms with Crippen molar-refractivity contribution in [3.8, 4) is 0 Å². The number of aliphatic hydroxyl groups is 1. The third-order valence-corrected chi connectivity index (χ3v) is 6.15. The molecule has 32 heavy (non-hydrogen) atoms. The SMILES string of the molecule is CCC(CO)NC(=O)C(C)Cc1nc2c(c(=O)n(C)c(=O)n2C)n1Cc1cccc(Br)c1. The van der Waals surface area contributed by atoms with Crippen molar-refractivity contribution < 1.29 is 9.90 Å². The van der Waals surface area contributed by atoms with Gasteiger partial charge in [0.25, 0.3) is 5.56 Å². The number of carbonyl (C=O) groups is 1. The van der Waals surface area contributed by atoms with E-state index in [4.69, 9.17) is 0 Å². The van der Waals surface area contributed by atoms with Gasteiger partial charge in [-0.3, -0.25) is 18.7 Å². The first-order valence-corrected chi connectivity index (χ1v) is 11.3. The molecule has 2 N–H and O–H groups in total. The van der Waals surface area contributed by atoms with Crippen molar-refractivity contribution >= 4 is 33.0 Å². The molecular weight excluding hydrogens is 478 g/mol. The molecule has 2 atom stereocenters. The van der Waals surface area contributed by atoms with Crippen LogP contribution in [0.2, 0.25) is 0 Å². The predicted octanol–water partition coefficient (Wildman–Crippen LogP) is 1.31. The van der Waals surface area contributed by atoms with Gasteiger partial charge >= 0.3 is 5.69 Å². The normalized spacial score (nSPS) is 13.3. The van der Waals surface area contributed by atoms with Gasteiger partial charge < -0.3 is 15.0 Å². The lowest BCUT2D eigenvalue weighted by molar-refractivity contribution is -0.125. The van der Waals surface area contributed by atoms with E-state index < -0.39 is 17.2 Å². The van der Waals surface area contributed by atoms with E-state index >= 15 is 0 Å². The van der Waals surface area contributed by atoms with E-state index in [0.29, 0.717) is 24.3 Å². The van der Waals surface area contributed by atoms with E-state index in [2.05, 4.69) is 26.2 Å². The van der Waals surface area contributed by atoms with Crippen LogP contribution in [0, 0.1) is 5.92 Å². The topological polar surface area (TPSA) is 111 Å². The van der Waals surface area contributed by atoms with Gasteiger partial charge in [0.2, 0.25) is 5.91 Å². The summed E-state index contributed by atoms with van der Waals surface area (Å²) in [6.07, 6.45) is 0.891. The van der Waals surface area contributed by atoms with Gasteiger partial charge in [-0.05, 0) is 24.1 Å². The first kappa shape index (κ1) is 23.9. The molecule has 0 spiro atoms. The molecule has 9 nitrogen and oxygen atoms in total. The van der Waals surface area contributed by atoms with Crippen LogP contribution in [0.5, 0.6) is 0 Å². The number of fused-ring (bicyclic) bond motifs is 1. The minimum absolute atomic E-state index is 0.130. The van der Waals surface area contributed by atoms with Crippen molar-refractivity contribution in [1.82, 2.24) is 24.0 Å². The third kappa shape index (κ3) is 4.71. The minimum Gasteiger partial charge on any atom is -0.394 e. The highest BCUT2D eigenvalue weighted by atomic mass is 79.9. The Balaban J connectivity index is 2.09. The fourth-order valence-electron chi connectivity index (χ4n) is 3.62. The Kier molecular flexibility index (Phi) is 7.35. The quantitative estimate of drug-likeness (QED) is 0.479. The van der Waals surface area contributed by atoms with Crippen molar-refractivity contribution in [2.24, 2.45) is 20.0 Å². The third-order valence-electron chi connectivity index (χ3n) is 5.65. The number of rotatable bonds is 8. The number of aliphatic hydroxyl groups excluding tert-OH is 1. The molecule has 3 rings (SSSR count). The lowest BCUT2D eigenvalue weighted by Crippen LogP contribution is -2.40. The summed E-state index contributed by atoms with van der Waals surface area (Å²) < 4.78 is 5.10. The first-order valence-electron chi connectivity index (χ1n) is 10.5. The molecule has 2 heterocycles. The van der Waals surface area contributed by atoms with Crippen molar-refractivity contribution in [3.05, 3.63) is 61.0 Å². The van der Waals surface area contributed by atoms with Crippen molar-refractivity contribution in [2.75, 3.05) is 6.61 Å². The Morgan fingerprint density at radius 1 is 1.25 bits per heavy atom. The average Bonchev–Trinajstić information content (AvgIpc) is 3.12. The molecule has 0 aliphatic rings. The Morgan fingerprint density at radius 2 is 1.97 bits per heavy atom. The molecule has 10 heteroatoms. The molecule has 2 aromatic heterocycles. The number of hydrogen-bond acceptors (Lipinski definition) is 5. The number of benzene rings is 1. The molecule has 0 saturated heterocycles. The second kappa shape index (κ2) is 9.83. The van der Waals surface area contributed by atoms with Gasteiger partial charge in [0.15, 0.2) is 11.2 Å². The Bertz CT molecular complexity index is 1260. The fourth-order valence-corrected chi connectivity index (χ4v) is 4.07. The zero-order chi connectivity index (χ0) is 23.6. The van der Waals surface area contributed by atoms with E-state index in [-0.39, 0.29) is 30.6 Å². The van der Waals surface area contributed by atoms with Gasteiger partial charge in [-0.15, -0.1) is 0 Å². The summed E-state index contributed by atoms with van der Waals surface area (Å²) in [6.45, 7) is 3.90. The molecule has 0 aliphatic heterocycles. The number of nitrogens with one attached hydrogen (secondary N) is 1. The summed E-state index contributed by atoms with van der Waals surface area (Å²) in [6, 6.07) is 7.40. The molecule has 0 saturated carbocycles. The highest BCUT2D eigenvalue weighted by Crippen LogP contribution is 2.19. The largest absolute Gasteiger partial charge is 0.394 e. The Hall–Kier alpha value is -2.72. The number of hydrogen-bond donors (Lipinski definition) is 2. The Morgan fingerprint density at radius 3 is 2.59 bits per heavy atom. The first-order chi connectivity index (χ1) is 15.2. The van der Waals surface area contributed by atoms with Gasteiger partial charge in [0.1, 0.15) is 5.82 Å². The van der Waals surface area contributed by atoms with E-state index in [9.17, 15) is 19.5 Å². The number of amides is 1. The molecule has 0 radical (unpaired) electrons. The van der Waals surface area contributed by atoms with Crippen molar-refractivity contribution in [2.45, 2.75) is 39.3 Å². The number of nitrogens with zero attached hydrogens (tertiary/aromatic N) is 4. The maximum atomic E-state index is 13.0. The molecule has 0 aliphatic carbocycles. The molecular formula is C22H28BrN5O4. The van der Waals surface area contributed by atoms with Gasteiger partial charge in [0, 0.05) is 37.5 Å². The van der Waals surface area contributed by atoms with Crippen LogP contribution in [-0.4, -0.2) is 42.3 Å². The number of halogens is 1. The van der Waals surface area contributed by atoms with Crippen LogP contribution in [0.25, 0.3) is 11.2 Å². The van der Waals surface area contributed by atoms with E-state index in [1.54, 1.807) is 18.5 Å². The Labute approximate surface area is 193 Å². The lowest BCUT2D eigenvalue weighted by Gasteiger charge is -2.18. The van der Waals surface area contributed by atoms with Crippen molar-refractivity contribution in [3.63, 3.8) is 0 Å². The number of imidazole rings is 1. The van der Waals surface area contributed by atoms with Crippen LogP contribution >= 0.6 is 15.9 Å². The highest BCUT2D eigenvalue weighted by Gasteiger charge is 2.23. The molecule has 0 fully saturated rings. The highest BCUT2D eigenvalue weighted by molar-refractivity contribution is 9.10. The van der Waals surface area contributed by atoms with E-state index in [0.717, 1.165) is 14.6 Å². The summed E-state index contributed by atoms with van der Waals surface area (Å²) in [7, 11) is 3.02. The zero-order valence-corrected chi connectivity index (χ0v) is 20.2. The van der Waals surface area contributed by atoms with Crippen LogP contribution in [-0.2, 0) is 31.9 Å². The van der Waals surface area contributed by atoms with Gasteiger partial charge in [-0.25, -0.2) is 9.78 Å². The summed E-state index contributed by atoms with van der Waals surface area (Å²) in [5, 5.41) is 12.2. The van der Waals surface area contributed by atoms with E-state index in [1.165, 1.54) is 11.6 Å². The van der Waals surface area contributed by atoms with Crippen molar-refractivity contribution in [1.29, 1.82) is 0 Å².